The maximum absolute atomic E-state index is 14.1. The van der Waals surface area contributed by atoms with Crippen LogP contribution in [0.1, 0.15) is 52.5 Å². The van der Waals surface area contributed by atoms with Gasteiger partial charge in [-0.1, -0.05) is 12.1 Å². The number of methoxy groups -OCH3 is 1. The van der Waals surface area contributed by atoms with E-state index >= 15 is 0 Å². The van der Waals surface area contributed by atoms with Crippen LogP contribution in [0.2, 0.25) is 0 Å². The highest BCUT2D eigenvalue weighted by Crippen LogP contribution is 2.40. The van der Waals surface area contributed by atoms with E-state index in [1.807, 2.05) is 20.8 Å². The lowest BCUT2D eigenvalue weighted by molar-refractivity contribution is -0.123. The van der Waals surface area contributed by atoms with Gasteiger partial charge in [-0.15, -0.1) is 0 Å². The van der Waals surface area contributed by atoms with Crippen LogP contribution in [0, 0.1) is 0 Å². The number of nitrogens with zero attached hydrogens (tertiary/aromatic N) is 2. The molecule has 4 rings (SSSR count). The number of anilines is 2. The molecule has 1 aliphatic rings. The van der Waals surface area contributed by atoms with Gasteiger partial charge in [-0.3, -0.25) is 19.3 Å². The van der Waals surface area contributed by atoms with Crippen molar-refractivity contribution in [1.82, 2.24) is 9.69 Å². The summed E-state index contributed by atoms with van der Waals surface area (Å²) in [6.45, 7) is 5.54. The number of nitrogens with one attached hydrogen (secondary N) is 1. The minimum absolute atomic E-state index is 0.0307. The van der Waals surface area contributed by atoms with E-state index in [9.17, 15) is 14.4 Å². The Bertz CT molecular complexity index is 1350. The Morgan fingerprint density at radius 3 is 2.38 bits per heavy atom. The average molecular weight is 526 g/mol. The zero-order valence-electron chi connectivity index (χ0n) is 20.7. The lowest BCUT2D eigenvalue weighted by Gasteiger charge is -2.33. The molecule has 1 atom stereocenters. The van der Waals surface area contributed by atoms with Crippen LogP contribution in [-0.4, -0.2) is 41.5 Å². The minimum atomic E-state index is -1.14. The molecule has 1 aromatic heterocycles. The molecule has 37 heavy (non-hydrogen) atoms. The molecule has 0 unspecified atom stereocenters. The number of ether oxygens (including phenoxy) is 3. The van der Waals surface area contributed by atoms with E-state index in [4.69, 9.17) is 25.7 Å². The molecule has 0 fully saturated rings. The van der Waals surface area contributed by atoms with E-state index in [2.05, 4.69) is 9.69 Å². The number of benzene rings is 2. The van der Waals surface area contributed by atoms with Gasteiger partial charge in [0, 0.05) is 17.3 Å². The number of carbonyl (C=O) groups is 3. The number of hydrogen-bond donors (Lipinski definition) is 3. The molecule has 0 radical (unpaired) electrons. The maximum Gasteiger partial charge on any atom is 0.273 e. The van der Waals surface area contributed by atoms with Crippen molar-refractivity contribution in [3.05, 3.63) is 58.6 Å². The first-order valence-corrected chi connectivity index (χ1v) is 12.0. The Morgan fingerprint density at radius 2 is 1.78 bits per heavy atom. The molecule has 0 saturated carbocycles. The van der Waals surface area contributed by atoms with Gasteiger partial charge in [-0.25, -0.2) is 0 Å². The summed E-state index contributed by atoms with van der Waals surface area (Å²) >= 11 is 0.730. The van der Waals surface area contributed by atoms with Gasteiger partial charge in [0.15, 0.2) is 17.2 Å². The largest absolute Gasteiger partial charge is 0.497 e. The van der Waals surface area contributed by atoms with Gasteiger partial charge < -0.3 is 31.0 Å². The normalized spacial score (nSPS) is 13.1. The lowest BCUT2D eigenvalue weighted by atomic mass is 10.00. The Balaban J connectivity index is 1.91. The summed E-state index contributed by atoms with van der Waals surface area (Å²) < 4.78 is 20.2. The van der Waals surface area contributed by atoms with Crippen molar-refractivity contribution >= 4 is 40.6 Å². The van der Waals surface area contributed by atoms with Gasteiger partial charge >= 0.3 is 0 Å². The smallest absolute Gasteiger partial charge is 0.273 e. The second-order valence-corrected chi connectivity index (χ2v) is 10.0. The molecule has 3 amide bonds. The fourth-order valence-corrected chi connectivity index (χ4v) is 4.54. The van der Waals surface area contributed by atoms with Crippen LogP contribution in [0.4, 0.5) is 11.4 Å². The Morgan fingerprint density at radius 1 is 1.11 bits per heavy atom. The van der Waals surface area contributed by atoms with Gasteiger partial charge in [-0.05, 0) is 62.1 Å². The quantitative estimate of drug-likeness (QED) is 0.425. The van der Waals surface area contributed by atoms with Crippen molar-refractivity contribution in [3.63, 3.8) is 0 Å². The first kappa shape index (κ1) is 25.8. The SMILES string of the molecule is COc1ccc([C@@H](C(=O)NC(C)(C)C)N(C(=O)c2snc(C(N)=O)c2N)c2ccc3c(c2)OCO3)cc1. The number of nitrogens with two attached hydrogens (primary N) is 2. The van der Waals surface area contributed by atoms with Crippen molar-refractivity contribution in [2.24, 2.45) is 5.73 Å². The topological polar surface area (TPSA) is 159 Å². The van der Waals surface area contributed by atoms with Crippen LogP contribution in [0.25, 0.3) is 0 Å². The number of primary amides is 1. The molecular formula is C25H27N5O6S. The first-order valence-electron chi connectivity index (χ1n) is 11.2. The van der Waals surface area contributed by atoms with E-state index in [0.717, 1.165) is 11.5 Å². The number of amides is 3. The summed E-state index contributed by atoms with van der Waals surface area (Å²) in [6.07, 6.45) is 0. The van der Waals surface area contributed by atoms with E-state index in [-0.39, 0.29) is 23.1 Å². The third-order valence-corrected chi connectivity index (χ3v) is 6.30. The molecule has 0 bridgehead atoms. The van der Waals surface area contributed by atoms with Crippen molar-refractivity contribution in [1.29, 1.82) is 0 Å². The van der Waals surface area contributed by atoms with Crippen molar-refractivity contribution in [2.45, 2.75) is 32.4 Å². The predicted molar refractivity (Wildman–Crippen MR) is 138 cm³/mol. The number of carbonyl (C=O) groups excluding carboxylic acids is 3. The molecule has 1 aliphatic heterocycles. The van der Waals surface area contributed by atoms with Gasteiger partial charge in [0.05, 0.1) is 12.8 Å². The van der Waals surface area contributed by atoms with Gasteiger partial charge in [0.25, 0.3) is 11.8 Å². The molecule has 2 aromatic carbocycles. The van der Waals surface area contributed by atoms with Crippen LogP contribution < -0.4 is 35.9 Å². The molecule has 0 saturated heterocycles. The first-order chi connectivity index (χ1) is 17.5. The molecule has 5 N–H and O–H groups in total. The summed E-state index contributed by atoms with van der Waals surface area (Å²) in [6, 6.07) is 10.5. The van der Waals surface area contributed by atoms with Crippen LogP contribution in [0.15, 0.2) is 42.5 Å². The summed E-state index contributed by atoms with van der Waals surface area (Å²) in [7, 11) is 1.53. The summed E-state index contributed by atoms with van der Waals surface area (Å²) in [5.74, 6) is -0.454. The number of nitrogen functional groups attached to an aromatic ring is 1. The number of aromatic nitrogens is 1. The van der Waals surface area contributed by atoms with E-state index in [0.29, 0.717) is 28.5 Å². The molecule has 194 valence electrons. The fourth-order valence-electron chi connectivity index (χ4n) is 3.80. The van der Waals surface area contributed by atoms with Gasteiger partial charge in [0.1, 0.15) is 16.7 Å². The average Bonchev–Trinajstić information content (AvgIpc) is 3.47. The predicted octanol–water partition coefficient (Wildman–Crippen LogP) is 2.86. The van der Waals surface area contributed by atoms with Crippen LogP contribution in [-0.2, 0) is 4.79 Å². The van der Waals surface area contributed by atoms with Gasteiger partial charge in [0.2, 0.25) is 12.7 Å². The third-order valence-electron chi connectivity index (χ3n) is 5.45. The van der Waals surface area contributed by atoms with Crippen LogP contribution in [0.5, 0.6) is 17.2 Å². The maximum atomic E-state index is 14.1. The monoisotopic (exact) mass is 525 g/mol. The Kier molecular flexibility index (Phi) is 6.94. The Labute approximate surface area is 217 Å². The second-order valence-electron chi connectivity index (χ2n) is 9.27. The minimum Gasteiger partial charge on any atom is -0.497 e. The van der Waals surface area contributed by atoms with Crippen molar-refractivity contribution in [3.8, 4) is 17.2 Å². The highest BCUT2D eigenvalue weighted by molar-refractivity contribution is 7.09. The van der Waals surface area contributed by atoms with Crippen molar-refractivity contribution < 1.29 is 28.6 Å². The molecule has 3 aromatic rings. The lowest BCUT2D eigenvalue weighted by Crippen LogP contribution is -2.49. The summed E-state index contributed by atoms with van der Waals surface area (Å²) in [4.78, 5) is 40.9. The highest BCUT2D eigenvalue weighted by atomic mass is 32.1. The highest BCUT2D eigenvalue weighted by Gasteiger charge is 2.37. The molecule has 11 nitrogen and oxygen atoms in total. The van der Waals surface area contributed by atoms with E-state index in [1.54, 1.807) is 42.5 Å². The second kappa shape index (κ2) is 9.97. The molecule has 0 aliphatic carbocycles. The van der Waals surface area contributed by atoms with Gasteiger partial charge in [-0.2, -0.15) is 4.37 Å². The third kappa shape index (κ3) is 5.28. The zero-order valence-corrected chi connectivity index (χ0v) is 21.5. The molecule has 0 spiro atoms. The summed E-state index contributed by atoms with van der Waals surface area (Å²) in [5, 5.41) is 2.96. The number of rotatable bonds is 7. The molecule has 12 heteroatoms. The zero-order chi connectivity index (χ0) is 26.9. The molecule has 2 heterocycles. The number of hydrogen-bond acceptors (Lipinski definition) is 9. The molecular weight excluding hydrogens is 498 g/mol. The van der Waals surface area contributed by atoms with Crippen molar-refractivity contribution in [2.75, 3.05) is 24.5 Å². The van der Waals surface area contributed by atoms with E-state index < -0.39 is 29.3 Å². The van der Waals surface area contributed by atoms with E-state index in [1.165, 1.54) is 12.0 Å². The van der Waals surface area contributed by atoms with Crippen LogP contribution >= 0.6 is 11.5 Å². The van der Waals surface area contributed by atoms with Crippen LogP contribution in [0.3, 0.4) is 0 Å². The summed E-state index contributed by atoms with van der Waals surface area (Å²) in [5.41, 5.74) is 11.3. The fraction of sp³-hybridized carbons (Fsp3) is 0.280. The number of fused-ring (bicyclic) bond motifs is 1. The standard InChI is InChI=1S/C25H27N5O6S/c1-25(2,3)28-23(32)20(13-5-8-15(34-4)9-6-13)30(14-7-10-16-17(11-14)36-12-35-16)24(33)21-18(26)19(22(27)31)29-37-21/h5-11,20H,12,26H2,1-4H3,(H2,27,31)(H,28,32)/t20-/m0/s1. The Hall–Kier alpha value is -4.32.